The number of nitrogens with one attached hydrogen (secondary N) is 1. The van der Waals surface area contributed by atoms with E-state index in [1.54, 1.807) is 36.4 Å². The van der Waals surface area contributed by atoms with Crippen molar-refractivity contribution in [2.45, 2.75) is 0 Å². The molecule has 0 aromatic heterocycles. The van der Waals surface area contributed by atoms with Crippen LogP contribution in [0, 0.1) is 11.6 Å². The molecule has 0 radical (unpaired) electrons. The highest BCUT2D eigenvalue weighted by atomic mass is 19.1. The first-order valence-electron chi connectivity index (χ1n) is 7.73. The van der Waals surface area contributed by atoms with Crippen LogP contribution in [0.3, 0.4) is 0 Å². The summed E-state index contributed by atoms with van der Waals surface area (Å²) in [6.45, 7) is 0. The molecule has 0 aliphatic rings. The van der Waals surface area contributed by atoms with Crippen molar-refractivity contribution in [3.8, 4) is 11.5 Å². The first-order chi connectivity index (χ1) is 12.6. The highest BCUT2D eigenvalue weighted by molar-refractivity contribution is 5.97. The number of para-hydroxylation sites is 2. The van der Waals surface area contributed by atoms with Crippen molar-refractivity contribution < 1.29 is 18.3 Å². The maximum Gasteiger partial charge on any atom is 0.275 e. The van der Waals surface area contributed by atoms with Gasteiger partial charge < -0.3 is 4.74 Å². The summed E-state index contributed by atoms with van der Waals surface area (Å²) in [6.07, 6.45) is 1.16. The largest absolute Gasteiger partial charge is 0.457 e. The lowest BCUT2D eigenvalue weighted by molar-refractivity contribution is 0.0953. The lowest BCUT2D eigenvalue weighted by Crippen LogP contribution is -2.18. The van der Waals surface area contributed by atoms with Crippen molar-refractivity contribution in [2.24, 2.45) is 5.10 Å². The Kier molecular flexibility index (Phi) is 5.34. The number of rotatable bonds is 5. The SMILES string of the molecule is O=C(N/N=C/c1cc(F)cc(F)c1)c1ccccc1Oc1ccccc1. The van der Waals surface area contributed by atoms with E-state index in [1.165, 1.54) is 0 Å². The first kappa shape index (κ1) is 17.3. The molecule has 4 nitrogen and oxygen atoms in total. The van der Waals surface area contributed by atoms with Crippen LogP contribution < -0.4 is 10.2 Å². The highest BCUT2D eigenvalue weighted by Gasteiger charge is 2.12. The summed E-state index contributed by atoms with van der Waals surface area (Å²) in [6, 6.07) is 18.7. The predicted molar refractivity (Wildman–Crippen MR) is 94.4 cm³/mol. The number of carbonyl (C=O) groups excluding carboxylic acids is 1. The summed E-state index contributed by atoms with van der Waals surface area (Å²) in [5.41, 5.74) is 2.79. The monoisotopic (exact) mass is 352 g/mol. The Morgan fingerprint density at radius 2 is 1.58 bits per heavy atom. The number of hydrazone groups is 1. The maximum atomic E-state index is 13.1. The Balaban J connectivity index is 1.73. The topological polar surface area (TPSA) is 50.7 Å². The number of carbonyl (C=O) groups is 1. The van der Waals surface area contributed by atoms with E-state index in [4.69, 9.17) is 4.74 Å². The lowest BCUT2D eigenvalue weighted by Gasteiger charge is -2.09. The number of hydrogen-bond donors (Lipinski definition) is 1. The van der Waals surface area contributed by atoms with Crippen LogP contribution in [0.1, 0.15) is 15.9 Å². The standard InChI is InChI=1S/C20H14F2N2O2/c21-15-10-14(11-16(22)12-15)13-23-24-20(25)18-8-4-5-9-19(18)26-17-6-2-1-3-7-17/h1-13H,(H,24,25)/b23-13+. The normalized spacial score (nSPS) is 10.7. The molecule has 0 bridgehead atoms. The van der Waals surface area contributed by atoms with Gasteiger partial charge in [0.15, 0.2) is 0 Å². The van der Waals surface area contributed by atoms with Crippen LogP contribution in [0.4, 0.5) is 8.78 Å². The molecule has 0 fully saturated rings. The average Bonchev–Trinajstić information content (AvgIpc) is 2.62. The van der Waals surface area contributed by atoms with Crippen molar-refractivity contribution in [3.05, 3.63) is 95.6 Å². The van der Waals surface area contributed by atoms with E-state index in [1.807, 2.05) is 18.2 Å². The van der Waals surface area contributed by atoms with Crippen molar-refractivity contribution in [3.63, 3.8) is 0 Å². The summed E-state index contributed by atoms with van der Waals surface area (Å²) in [4.78, 5) is 12.3. The molecule has 0 spiro atoms. The fourth-order valence-corrected chi connectivity index (χ4v) is 2.23. The van der Waals surface area contributed by atoms with Gasteiger partial charge in [-0.2, -0.15) is 5.10 Å². The second-order valence-corrected chi connectivity index (χ2v) is 5.31. The molecule has 6 heteroatoms. The molecule has 0 saturated carbocycles. The molecular weight excluding hydrogens is 338 g/mol. The van der Waals surface area contributed by atoms with Crippen molar-refractivity contribution in [1.82, 2.24) is 5.43 Å². The first-order valence-corrected chi connectivity index (χ1v) is 7.73. The number of nitrogens with zero attached hydrogens (tertiary/aromatic N) is 1. The highest BCUT2D eigenvalue weighted by Crippen LogP contribution is 2.24. The molecular formula is C20H14F2N2O2. The fraction of sp³-hybridized carbons (Fsp3) is 0. The van der Waals surface area contributed by atoms with Crippen LogP contribution in [0.5, 0.6) is 11.5 Å². The average molecular weight is 352 g/mol. The van der Waals surface area contributed by atoms with E-state index in [0.717, 1.165) is 24.4 Å². The Bertz CT molecular complexity index is 923. The van der Waals surface area contributed by atoms with Gasteiger partial charge >= 0.3 is 0 Å². The van der Waals surface area contributed by atoms with Gasteiger partial charge in [-0.05, 0) is 36.4 Å². The number of halogens is 2. The number of hydrogen-bond acceptors (Lipinski definition) is 3. The van der Waals surface area contributed by atoms with Crippen molar-refractivity contribution in [2.75, 3.05) is 0 Å². The van der Waals surface area contributed by atoms with E-state index in [2.05, 4.69) is 10.5 Å². The zero-order chi connectivity index (χ0) is 18.4. The number of benzene rings is 3. The molecule has 0 heterocycles. The molecule has 0 aliphatic carbocycles. The molecule has 1 amide bonds. The second kappa shape index (κ2) is 8.02. The van der Waals surface area contributed by atoms with Gasteiger partial charge in [0, 0.05) is 11.6 Å². The molecule has 0 aliphatic heterocycles. The Labute approximate surface area is 148 Å². The van der Waals surface area contributed by atoms with Gasteiger partial charge in [-0.3, -0.25) is 4.79 Å². The third-order valence-corrected chi connectivity index (χ3v) is 3.37. The summed E-state index contributed by atoms with van der Waals surface area (Å²) >= 11 is 0. The van der Waals surface area contributed by atoms with Crippen LogP contribution in [0.15, 0.2) is 77.9 Å². The van der Waals surface area contributed by atoms with Crippen LogP contribution in [0.25, 0.3) is 0 Å². The Hall–Kier alpha value is -3.54. The molecule has 0 unspecified atom stereocenters. The lowest BCUT2D eigenvalue weighted by atomic mass is 10.2. The molecule has 1 N–H and O–H groups in total. The van der Waals surface area contributed by atoms with Crippen LogP contribution in [-0.4, -0.2) is 12.1 Å². The van der Waals surface area contributed by atoms with E-state index in [9.17, 15) is 13.6 Å². The minimum absolute atomic E-state index is 0.191. The second-order valence-electron chi connectivity index (χ2n) is 5.31. The van der Waals surface area contributed by atoms with Crippen LogP contribution in [-0.2, 0) is 0 Å². The summed E-state index contributed by atoms with van der Waals surface area (Å²) in [5, 5.41) is 3.73. The van der Waals surface area contributed by atoms with Gasteiger partial charge in [0.05, 0.1) is 11.8 Å². The van der Waals surface area contributed by atoms with Crippen LogP contribution >= 0.6 is 0 Å². The van der Waals surface area contributed by atoms with E-state index >= 15 is 0 Å². The molecule has 3 rings (SSSR count). The molecule has 0 atom stereocenters. The number of amides is 1. The maximum absolute atomic E-state index is 13.1. The third kappa shape index (κ3) is 4.51. The number of ether oxygens (including phenoxy) is 1. The van der Waals surface area contributed by atoms with E-state index in [-0.39, 0.29) is 11.1 Å². The smallest absolute Gasteiger partial charge is 0.275 e. The van der Waals surface area contributed by atoms with E-state index < -0.39 is 17.5 Å². The van der Waals surface area contributed by atoms with E-state index in [0.29, 0.717) is 11.5 Å². The molecule has 130 valence electrons. The zero-order valence-electron chi connectivity index (χ0n) is 13.5. The van der Waals surface area contributed by atoms with Gasteiger partial charge in [-0.15, -0.1) is 0 Å². The summed E-state index contributed by atoms with van der Waals surface area (Å²) in [5.74, 6) is -1.00. The Morgan fingerprint density at radius 3 is 2.31 bits per heavy atom. The quantitative estimate of drug-likeness (QED) is 0.542. The van der Waals surface area contributed by atoms with Gasteiger partial charge in [-0.1, -0.05) is 30.3 Å². The Morgan fingerprint density at radius 1 is 0.923 bits per heavy atom. The van der Waals surface area contributed by atoms with Gasteiger partial charge in [0.25, 0.3) is 5.91 Å². The van der Waals surface area contributed by atoms with Gasteiger partial charge in [0.1, 0.15) is 23.1 Å². The molecule has 3 aromatic carbocycles. The summed E-state index contributed by atoms with van der Waals surface area (Å²) in [7, 11) is 0. The molecule has 26 heavy (non-hydrogen) atoms. The molecule has 0 saturated heterocycles. The third-order valence-electron chi connectivity index (χ3n) is 3.37. The predicted octanol–water partition coefficient (Wildman–Crippen LogP) is 4.52. The minimum Gasteiger partial charge on any atom is -0.457 e. The van der Waals surface area contributed by atoms with Gasteiger partial charge in [0.2, 0.25) is 0 Å². The van der Waals surface area contributed by atoms with Crippen molar-refractivity contribution >= 4 is 12.1 Å². The summed E-state index contributed by atoms with van der Waals surface area (Å²) < 4.78 is 32.0. The minimum atomic E-state index is -0.723. The fourth-order valence-electron chi connectivity index (χ4n) is 2.23. The van der Waals surface area contributed by atoms with Crippen LogP contribution in [0.2, 0.25) is 0 Å². The molecule has 3 aromatic rings. The zero-order valence-corrected chi connectivity index (χ0v) is 13.5. The van der Waals surface area contributed by atoms with Gasteiger partial charge in [-0.25, -0.2) is 14.2 Å². The van der Waals surface area contributed by atoms with Crippen molar-refractivity contribution in [1.29, 1.82) is 0 Å².